The van der Waals surface area contributed by atoms with Crippen molar-refractivity contribution in [3.05, 3.63) is 85.1 Å². The molecule has 138 valence electrons. The highest BCUT2D eigenvalue weighted by Crippen LogP contribution is 2.24. The van der Waals surface area contributed by atoms with Gasteiger partial charge in [-0.05, 0) is 89.7 Å². The minimum absolute atomic E-state index is 0.0145. The van der Waals surface area contributed by atoms with E-state index < -0.39 is 0 Å². The molecule has 0 aliphatic carbocycles. The summed E-state index contributed by atoms with van der Waals surface area (Å²) in [7, 11) is 1.64. The quantitative estimate of drug-likeness (QED) is 0.227. The van der Waals surface area contributed by atoms with Crippen LogP contribution in [0.25, 0.3) is 6.08 Å². The summed E-state index contributed by atoms with van der Waals surface area (Å²) in [6.07, 6.45) is 3.43. The SMILES string of the molecule is COc1ccc(/C=C/C(=O)c2ccc(C)s2)cc1COc1ccc(I)cc1. The van der Waals surface area contributed by atoms with Crippen LogP contribution in [0.15, 0.2) is 60.7 Å². The van der Waals surface area contributed by atoms with E-state index in [1.54, 1.807) is 13.2 Å². The maximum atomic E-state index is 12.3. The number of allylic oxidation sites excluding steroid dienone is 1. The number of thiophene rings is 1. The van der Waals surface area contributed by atoms with Crippen molar-refractivity contribution in [3.63, 3.8) is 0 Å². The minimum Gasteiger partial charge on any atom is -0.496 e. The van der Waals surface area contributed by atoms with Crippen LogP contribution in [-0.4, -0.2) is 12.9 Å². The van der Waals surface area contributed by atoms with Gasteiger partial charge in [0.15, 0.2) is 5.78 Å². The Kier molecular flexibility index (Phi) is 6.68. The normalized spacial score (nSPS) is 10.9. The second-order valence-electron chi connectivity index (χ2n) is 5.92. The van der Waals surface area contributed by atoms with Gasteiger partial charge in [0.1, 0.15) is 18.1 Å². The second-order valence-corrected chi connectivity index (χ2v) is 8.46. The minimum atomic E-state index is 0.0145. The molecule has 0 saturated heterocycles. The molecule has 0 fully saturated rings. The Morgan fingerprint density at radius 1 is 1.11 bits per heavy atom. The first kappa shape index (κ1) is 19.6. The third-order valence-electron chi connectivity index (χ3n) is 3.92. The Morgan fingerprint density at radius 3 is 2.56 bits per heavy atom. The van der Waals surface area contributed by atoms with E-state index in [4.69, 9.17) is 9.47 Å². The van der Waals surface area contributed by atoms with Crippen LogP contribution in [0.1, 0.15) is 25.7 Å². The van der Waals surface area contributed by atoms with Crippen molar-refractivity contribution < 1.29 is 14.3 Å². The molecule has 0 unspecified atom stereocenters. The van der Waals surface area contributed by atoms with Crippen LogP contribution < -0.4 is 9.47 Å². The molecule has 0 spiro atoms. The van der Waals surface area contributed by atoms with Gasteiger partial charge in [0.2, 0.25) is 0 Å². The van der Waals surface area contributed by atoms with Crippen LogP contribution in [0, 0.1) is 10.5 Å². The van der Waals surface area contributed by atoms with Crippen LogP contribution in [0.4, 0.5) is 0 Å². The highest BCUT2D eigenvalue weighted by molar-refractivity contribution is 14.1. The molecule has 5 heteroatoms. The second kappa shape index (κ2) is 9.19. The number of ketones is 1. The fourth-order valence-corrected chi connectivity index (χ4v) is 3.68. The summed E-state index contributed by atoms with van der Waals surface area (Å²) in [6.45, 7) is 2.39. The van der Waals surface area contributed by atoms with Crippen molar-refractivity contribution in [1.29, 1.82) is 0 Å². The van der Waals surface area contributed by atoms with Crippen molar-refractivity contribution >= 4 is 45.8 Å². The molecule has 1 aromatic heterocycles. The van der Waals surface area contributed by atoms with Gasteiger partial charge >= 0.3 is 0 Å². The van der Waals surface area contributed by atoms with Gasteiger partial charge in [0.25, 0.3) is 0 Å². The molecule has 27 heavy (non-hydrogen) atoms. The number of aryl methyl sites for hydroxylation is 1. The predicted molar refractivity (Wildman–Crippen MR) is 119 cm³/mol. The number of hydrogen-bond donors (Lipinski definition) is 0. The number of ether oxygens (including phenoxy) is 2. The number of methoxy groups -OCH3 is 1. The maximum Gasteiger partial charge on any atom is 0.195 e. The van der Waals surface area contributed by atoms with Gasteiger partial charge < -0.3 is 9.47 Å². The molecule has 0 amide bonds. The molecule has 0 radical (unpaired) electrons. The van der Waals surface area contributed by atoms with Crippen LogP contribution in [0.3, 0.4) is 0 Å². The van der Waals surface area contributed by atoms with Gasteiger partial charge in [-0.15, -0.1) is 11.3 Å². The van der Waals surface area contributed by atoms with Crippen molar-refractivity contribution in [2.24, 2.45) is 0 Å². The fraction of sp³-hybridized carbons (Fsp3) is 0.136. The van der Waals surface area contributed by atoms with E-state index in [0.29, 0.717) is 6.61 Å². The van der Waals surface area contributed by atoms with E-state index in [-0.39, 0.29) is 5.78 Å². The van der Waals surface area contributed by atoms with Gasteiger partial charge in [-0.2, -0.15) is 0 Å². The lowest BCUT2D eigenvalue weighted by Gasteiger charge is -2.11. The van der Waals surface area contributed by atoms with Crippen molar-refractivity contribution in [1.82, 2.24) is 0 Å². The average Bonchev–Trinajstić information content (AvgIpc) is 3.12. The topological polar surface area (TPSA) is 35.5 Å². The molecule has 3 rings (SSSR count). The summed E-state index contributed by atoms with van der Waals surface area (Å²) in [5.74, 6) is 1.58. The third-order valence-corrected chi connectivity index (χ3v) is 5.66. The fourth-order valence-electron chi connectivity index (χ4n) is 2.53. The molecule has 1 heterocycles. The smallest absolute Gasteiger partial charge is 0.195 e. The molecule has 0 saturated carbocycles. The standard InChI is InChI=1S/C22H19IO3S/c1-15-3-12-22(27-15)20(24)10-4-16-5-11-21(25-2)17(13-16)14-26-19-8-6-18(23)7-9-19/h3-13H,14H2,1-2H3/b10-4+. The van der Waals surface area contributed by atoms with Gasteiger partial charge in [0, 0.05) is 14.0 Å². The van der Waals surface area contributed by atoms with Gasteiger partial charge in [-0.25, -0.2) is 0 Å². The van der Waals surface area contributed by atoms with E-state index in [1.807, 2.05) is 67.6 Å². The monoisotopic (exact) mass is 490 g/mol. The zero-order valence-corrected chi connectivity index (χ0v) is 18.0. The Balaban J connectivity index is 1.73. The van der Waals surface area contributed by atoms with Gasteiger partial charge in [-0.3, -0.25) is 4.79 Å². The van der Waals surface area contributed by atoms with E-state index in [1.165, 1.54) is 11.3 Å². The van der Waals surface area contributed by atoms with Crippen molar-refractivity contribution in [2.45, 2.75) is 13.5 Å². The number of hydrogen-bond acceptors (Lipinski definition) is 4. The summed E-state index contributed by atoms with van der Waals surface area (Å²) >= 11 is 3.77. The summed E-state index contributed by atoms with van der Waals surface area (Å²) < 4.78 is 12.5. The summed E-state index contributed by atoms with van der Waals surface area (Å²) in [4.78, 5) is 14.1. The summed E-state index contributed by atoms with van der Waals surface area (Å²) in [5, 5.41) is 0. The number of carbonyl (C=O) groups excluding carboxylic acids is 1. The largest absolute Gasteiger partial charge is 0.496 e. The highest BCUT2D eigenvalue weighted by Gasteiger charge is 2.07. The highest BCUT2D eigenvalue weighted by atomic mass is 127. The van der Waals surface area contributed by atoms with Crippen LogP contribution >= 0.6 is 33.9 Å². The van der Waals surface area contributed by atoms with E-state index >= 15 is 0 Å². The van der Waals surface area contributed by atoms with E-state index in [2.05, 4.69) is 22.6 Å². The molecule has 0 atom stereocenters. The third kappa shape index (κ3) is 5.43. The molecule has 0 aliphatic rings. The predicted octanol–water partition coefficient (Wildman–Crippen LogP) is 6.14. The van der Waals surface area contributed by atoms with Crippen LogP contribution in [-0.2, 0) is 6.61 Å². The van der Waals surface area contributed by atoms with Crippen molar-refractivity contribution in [3.8, 4) is 11.5 Å². The summed E-state index contributed by atoms with van der Waals surface area (Å²) in [5.41, 5.74) is 1.86. The van der Waals surface area contributed by atoms with E-state index in [9.17, 15) is 4.79 Å². The first-order valence-electron chi connectivity index (χ1n) is 8.39. The first-order chi connectivity index (χ1) is 13.0. The lowest BCUT2D eigenvalue weighted by Crippen LogP contribution is -1.99. The number of rotatable bonds is 7. The average molecular weight is 490 g/mol. The molecule has 2 aromatic carbocycles. The number of halogens is 1. The van der Waals surface area contributed by atoms with Gasteiger partial charge in [0.05, 0.1) is 12.0 Å². The zero-order chi connectivity index (χ0) is 19.2. The van der Waals surface area contributed by atoms with Crippen LogP contribution in [0.2, 0.25) is 0 Å². The molecule has 0 aliphatic heterocycles. The Morgan fingerprint density at radius 2 is 1.89 bits per heavy atom. The first-order valence-corrected chi connectivity index (χ1v) is 10.3. The Bertz CT molecular complexity index is 958. The Hall–Kier alpha value is -2.12. The Labute approximate surface area is 176 Å². The van der Waals surface area contributed by atoms with Gasteiger partial charge in [-0.1, -0.05) is 12.1 Å². The van der Waals surface area contributed by atoms with E-state index in [0.717, 1.165) is 36.0 Å². The molecule has 3 nitrogen and oxygen atoms in total. The van der Waals surface area contributed by atoms with Crippen molar-refractivity contribution in [2.75, 3.05) is 7.11 Å². The number of benzene rings is 2. The number of carbonyl (C=O) groups is 1. The lowest BCUT2D eigenvalue weighted by molar-refractivity contribution is 0.105. The molecular weight excluding hydrogens is 471 g/mol. The molecule has 3 aromatic rings. The van der Waals surface area contributed by atoms with Crippen LogP contribution in [0.5, 0.6) is 11.5 Å². The summed E-state index contributed by atoms with van der Waals surface area (Å²) in [6, 6.07) is 17.5. The maximum absolute atomic E-state index is 12.3. The zero-order valence-electron chi connectivity index (χ0n) is 15.1. The molecule has 0 N–H and O–H groups in total. The molecular formula is C22H19IO3S. The lowest BCUT2D eigenvalue weighted by atomic mass is 10.1. The molecule has 0 bridgehead atoms.